The number of methoxy groups -OCH3 is 3. The first-order valence-corrected chi connectivity index (χ1v) is 17.4. The second-order valence-corrected chi connectivity index (χ2v) is 12.7. The van der Waals surface area contributed by atoms with Crippen molar-refractivity contribution in [3.63, 3.8) is 0 Å². The Morgan fingerprint density at radius 2 is 1.42 bits per heavy atom. The zero-order chi connectivity index (χ0) is 43.6. The number of aliphatic hydroxyl groups is 1. The molecule has 314 valence electrons. The highest BCUT2D eigenvalue weighted by Crippen LogP contribution is 2.34. The van der Waals surface area contributed by atoms with Gasteiger partial charge in [0.2, 0.25) is 23.5 Å². The molecule has 0 aromatic heterocycles. The van der Waals surface area contributed by atoms with Gasteiger partial charge in [0, 0.05) is 30.8 Å². The molecular weight excluding hydrogens is 814 g/mol. The highest BCUT2D eigenvalue weighted by atomic mass is 35.5. The number of nitro groups is 1. The first-order valence-electron chi connectivity index (χ1n) is 17.0. The standard InChI is InChI=1S/C38H36ClF4N5O11/c1-44-34(50)30(20-12-23(57-3)16-24(13-20)58-4)45-36(52)32(33(49)21-14-26(39)29(40)27(15-21)48(54)55)46-35(51)31(47-37(53)38(41,42)43)25-11-10-22(56-2)17-28(25)59-18-19-8-6-5-7-9-19/h5-17,30-33,49H,18H2,1-4H3,(H,44,50)(H,45,52)(H,46,51)(H,47,53)/t30-,31+,32-,33+/m0/s1. The van der Waals surface area contributed by atoms with Gasteiger partial charge in [0.1, 0.15) is 53.8 Å². The number of nitro benzene ring substituents is 1. The van der Waals surface area contributed by atoms with Crippen LogP contribution < -0.4 is 40.2 Å². The number of rotatable bonds is 17. The van der Waals surface area contributed by atoms with Crippen LogP contribution in [0.3, 0.4) is 0 Å². The van der Waals surface area contributed by atoms with Crippen LogP contribution in [0.4, 0.5) is 23.2 Å². The van der Waals surface area contributed by atoms with Crippen LogP contribution >= 0.6 is 11.6 Å². The van der Waals surface area contributed by atoms with Gasteiger partial charge in [0.15, 0.2) is 0 Å². The van der Waals surface area contributed by atoms with E-state index in [1.807, 2.05) is 0 Å². The number of hydrogen-bond acceptors (Lipinski definition) is 11. The van der Waals surface area contributed by atoms with Crippen LogP contribution in [0.1, 0.15) is 40.4 Å². The van der Waals surface area contributed by atoms with Crippen LogP contribution in [-0.2, 0) is 25.8 Å². The third-order valence-corrected chi connectivity index (χ3v) is 8.81. The summed E-state index contributed by atoms with van der Waals surface area (Å²) >= 11 is 5.89. The van der Waals surface area contributed by atoms with Crippen LogP contribution in [0.5, 0.6) is 23.0 Å². The molecule has 0 aliphatic rings. The Bertz CT molecular complexity index is 2170. The molecule has 0 saturated heterocycles. The van der Waals surface area contributed by atoms with E-state index in [-0.39, 0.29) is 35.2 Å². The van der Waals surface area contributed by atoms with Gasteiger partial charge in [-0.25, -0.2) is 0 Å². The average Bonchev–Trinajstić information content (AvgIpc) is 3.22. The van der Waals surface area contributed by atoms with Gasteiger partial charge in [-0.05, 0) is 47.0 Å². The van der Waals surface area contributed by atoms with Gasteiger partial charge in [-0.15, -0.1) is 0 Å². The van der Waals surface area contributed by atoms with Crippen molar-refractivity contribution >= 4 is 40.9 Å². The van der Waals surface area contributed by atoms with Gasteiger partial charge >= 0.3 is 17.8 Å². The molecule has 4 aromatic carbocycles. The molecule has 0 aliphatic heterocycles. The van der Waals surface area contributed by atoms with Crippen molar-refractivity contribution in [2.75, 3.05) is 28.4 Å². The largest absolute Gasteiger partial charge is 0.497 e. The zero-order valence-corrected chi connectivity index (χ0v) is 32.1. The number of ether oxygens (including phenoxy) is 4. The monoisotopic (exact) mass is 849 g/mol. The number of carbonyl (C=O) groups excluding carboxylic acids is 4. The maximum absolute atomic E-state index is 14.6. The van der Waals surface area contributed by atoms with Crippen LogP contribution in [0, 0.1) is 15.9 Å². The first kappa shape index (κ1) is 45.0. The lowest BCUT2D eigenvalue weighted by atomic mass is 9.97. The van der Waals surface area contributed by atoms with Crippen molar-refractivity contribution < 1.29 is 65.7 Å². The highest BCUT2D eigenvalue weighted by Gasteiger charge is 2.43. The van der Waals surface area contributed by atoms with Gasteiger partial charge in [-0.2, -0.15) is 17.6 Å². The summed E-state index contributed by atoms with van der Waals surface area (Å²) in [6.07, 6.45) is -7.95. The molecule has 0 heterocycles. The normalized spacial score (nSPS) is 13.1. The summed E-state index contributed by atoms with van der Waals surface area (Å²) < 4.78 is 77.5. The lowest BCUT2D eigenvalue weighted by molar-refractivity contribution is -0.387. The minimum absolute atomic E-state index is 0.0303. The molecule has 0 saturated carbocycles. The van der Waals surface area contributed by atoms with Gasteiger partial charge < -0.3 is 45.3 Å². The first-order chi connectivity index (χ1) is 27.9. The number of hydrogen-bond donors (Lipinski definition) is 5. The summed E-state index contributed by atoms with van der Waals surface area (Å²) in [7, 11) is 5.09. The number of nitrogens with one attached hydrogen (secondary N) is 4. The van der Waals surface area contributed by atoms with E-state index in [0.29, 0.717) is 17.7 Å². The molecule has 0 unspecified atom stereocenters. The molecule has 0 spiro atoms. The molecule has 0 fully saturated rings. The summed E-state index contributed by atoms with van der Waals surface area (Å²) in [6.45, 7) is -0.188. The van der Waals surface area contributed by atoms with E-state index >= 15 is 0 Å². The fourth-order valence-corrected chi connectivity index (χ4v) is 5.75. The lowest BCUT2D eigenvalue weighted by Crippen LogP contribution is -2.55. The van der Waals surface area contributed by atoms with Gasteiger partial charge in [0.25, 0.3) is 0 Å². The third-order valence-electron chi connectivity index (χ3n) is 8.53. The number of halogens is 5. The van der Waals surface area contributed by atoms with Crippen molar-refractivity contribution in [1.29, 1.82) is 0 Å². The van der Waals surface area contributed by atoms with Gasteiger partial charge in [-0.1, -0.05) is 41.9 Å². The lowest BCUT2D eigenvalue weighted by Gasteiger charge is -2.29. The van der Waals surface area contributed by atoms with E-state index in [4.69, 9.17) is 30.5 Å². The number of benzene rings is 4. The van der Waals surface area contributed by atoms with Crippen molar-refractivity contribution in [2.24, 2.45) is 0 Å². The molecule has 0 bridgehead atoms. The Labute approximate surface area is 337 Å². The number of nitrogens with zero attached hydrogens (tertiary/aromatic N) is 1. The maximum atomic E-state index is 14.6. The van der Waals surface area contributed by atoms with E-state index in [0.717, 1.165) is 6.07 Å². The topological polar surface area (TPSA) is 217 Å². The SMILES string of the molecule is CNC(=O)[C@@H](NC(=O)[C@@H](NC(=O)[C@H](NC(=O)C(F)(F)F)c1ccc(OC)cc1OCc1ccccc1)[C@H](O)c1cc(Cl)c(F)c([N+](=O)[O-])c1)c1cc(OC)cc(OC)c1. The molecule has 0 aliphatic carbocycles. The number of alkyl halides is 3. The van der Waals surface area contributed by atoms with Crippen molar-refractivity contribution in [3.8, 4) is 23.0 Å². The molecule has 16 nitrogen and oxygen atoms in total. The van der Waals surface area contributed by atoms with E-state index in [9.17, 15) is 52.0 Å². The van der Waals surface area contributed by atoms with Crippen LogP contribution in [0.2, 0.25) is 5.02 Å². The summed E-state index contributed by atoms with van der Waals surface area (Å²) in [5, 5.41) is 30.7. The molecule has 0 radical (unpaired) electrons. The third kappa shape index (κ3) is 11.3. The molecule has 21 heteroatoms. The molecule has 59 heavy (non-hydrogen) atoms. The van der Waals surface area contributed by atoms with Crippen LogP contribution in [-0.4, -0.2) is 74.3 Å². The Balaban J connectivity index is 1.87. The highest BCUT2D eigenvalue weighted by molar-refractivity contribution is 6.31. The average molecular weight is 850 g/mol. The second kappa shape index (κ2) is 19.7. The molecule has 4 aromatic rings. The Hall–Kier alpha value is -6.67. The summed E-state index contributed by atoms with van der Waals surface area (Å²) in [5.74, 6) is -7.79. The number of amides is 4. The number of aliphatic hydroxyl groups excluding tert-OH is 1. The fraction of sp³-hybridized carbons (Fsp3) is 0.263. The van der Waals surface area contributed by atoms with Crippen LogP contribution in [0.15, 0.2) is 78.9 Å². The molecule has 5 N–H and O–H groups in total. The molecule has 4 rings (SSSR count). The quantitative estimate of drug-likeness (QED) is 0.0565. The zero-order valence-electron chi connectivity index (χ0n) is 31.4. The number of carbonyl (C=O) groups is 4. The van der Waals surface area contributed by atoms with E-state index in [2.05, 4.69) is 16.0 Å². The van der Waals surface area contributed by atoms with E-state index in [1.54, 1.807) is 35.6 Å². The van der Waals surface area contributed by atoms with E-state index < -0.39 is 86.6 Å². The molecule has 4 amide bonds. The summed E-state index contributed by atoms with van der Waals surface area (Å²) in [5.41, 5.74) is -1.65. The summed E-state index contributed by atoms with van der Waals surface area (Å²) in [6, 6.07) is 10.9. The molecular formula is C38H36ClF4N5O11. The fourth-order valence-electron chi connectivity index (χ4n) is 5.53. The Morgan fingerprint density at radius 3 is 1.98 bits per heavy atom. The number of likely N-dealkylation sites (N-methyl/N-ethyl adjacent to an activating group) is 1. The minimum atomic E-state index is -5.55. The van der Waals surface area contributed by atoms with Gasteiger partial charge in [0.05, 0.1) is 31.3 Å². The smallest absolute Gasteiger partial charge is 0.471 e. The maximum Gasteiger partial charge on any atom is 0.471 e. The predicted octanol–water partition coefficient (Wildman–Crippen LogP) is 4.53. The summed E-state index contributed by atoms with van der Waals surface area (Å²) in [4.78, 5) is 64.7. The van der Waals surface area contributed by atoms with Crippen LogP contribution in [0.25, 0.3) is 0 Å². The van der Waals surface area contributed by atoms with Crippen molar-refractivity contribution in [2.45, 2.75) is 37.0 Å². The van der Waals surface area contributed by atoms with Crippen molar-refractivity contribution in [3.05, 3.63) is 122 Å². The Kier molecular flexibility index (Phi) is 15.0. The van der Waals surface area contributed by atoms with E-state index in [1.165, 1.54) is 58.7 Å². The van der Waals surface area contributed by atoms with Crippen molar-refractivity contribution in [1.82, 2.24) is 21.3 Å². The Morgan fingerprint density at radius 1 is 0.797 bits per heavy atom. The second-order valence-electron chi connectivity index (χ2n) is 12.3. The minimum Gasteiger partial charge on any atom is -0.497 e. The molecule has 4 atom stereocenters. The predicted molar refractivity (Wildman–Crippen MR) is 200 cm³/mol. The van der Waals surface area contributed by atoms with Gasteiger partial charge in [-0.3, -0.25) is 29.3 Å².